The normalized spacial score (nSPS) is 20.8. The topological polar surface area (TPSA) is 115 Å². The highest BCUT2D eigenvalue weighted by molar-refractivity contribution is 7.11. The number of piperidine rings is 1. The zero-order chi connectivity index (χ0) is 20.8. The Morgan fingerprint density at radius 2 is 2.00 bits per heavy atom. The fraction of sp³-hybridized carbons (Fsp3) is 0.350. The summed E-state index contributed by atoms with van der Waals surface area (Å²) in [7, 11) is 0. The number of thiazole rings is 1. The van der Waals surface area contributed by atoms with Crippen LogP contribution in [0.3, 0.4) is 0 Å². The Hall–Kier alpha value is -3.11. The lowest BCUT2D eigenvalue weighted by Crippen LogP contribution is -2.54. The lowest BCUT2D eigenvalue weighted by atomic mass is 10.0. The smallest absolute Gasteiger partial charge is 0.262 e. The monoisotopic (exact) mass is 427 g/mol. The maximum absolute atomic E-state index is 12.9. The van der Waals surface area contributed by atoms with Gasteiger partial charge in [-0.25, -0.2) is 4.98 Å². The van der Waals surface area contributed by atoms with Crippen LogP contribution in [0.2, 0.25) is 0 Å². The minimum atomic E-state index is -0.983. The van der Waals surface area contributed by atoms with Crippen molar-refractivity contribution in [3.8, 4) is 5.75 Å². The zero-order valence-electron chi connectivity index (χ0n) is 15.8. The van der Waals surface area contributed by atoms with E-state index in [1.165, 1.54) is 23.5 Å². The van der Waals surface area contributed by atoms with Gasteiger partial charge in [0, 0.05) is 12.8 Å². The second-order valence-electron chi connectivity index (χ2n) is 7.22. The van der Waals surface area contributed by atoms with Gasteiger partial charge in [0.2, 0.25) is 11.8 Å². The first-order valence-corrected chi connectivity index (χ1v) is 10.4. The molecule has 1 fully saturated rings. The average molecular weight is 427 g/mol. The average Bonchev–Trinajstić information content (AvgIpc) is 3.26. The molecule has 0 radical (unpaired) electrons. The molecular weight excluding hydrogens is 410 g/mol. The number of fused-ring (bicyclic) bond motifs is 2. The molecule has 0 spiro atoms. The summed E-state index contributed by atoms with van der Waals surface area (Å²) in [6.07, 6.45) is 0.996. The van der Waals surface area contributed by atoms with Gasteiger partial charge in [0.1, 0.15) is 23.4 Å². The number of hydrogen-bond acceptors (Lipinski definition) is 8. The van der Waals surface area contributed by atoms with E-state index in [4.69, 9.17) is 9.47 Å². The number of imide groups is 2. The molecule has 1 aromatic carbocycles. The quantitative estimate of drug-likeness (QED) is 0.729. The molecule has 10 heteroatoms. The van der Waals surface area contributed by atoms with Gasteiger partial charge < -0.3 is 9.47 Å². The Balaban J connectivity index is 1.32. The summed E-state index contributed by atoms with van der Waals surface area (Å²) >= 11 is 1.54. The van der Waals surface area contributed by atoms with Crippen LogP contribution in [-0.2, 0) is 34.0 Å². The van der Waals surface area contributed by atoms with Crippen molar-refractivity contribution in [1.82, 2.24) is 15.2 Å². The minimum absolute atomic E-state index is 0.0843. The van der Waals surface area contributed by atoms with Crippen molar-refractivity contribution < 1.29 is 28.7 Å². The van der Waals surface area contributed by atoms with Crippen molar-refractivity contribution >= 4 is 35.0 Å². The molecule has 4 heterocycles. The molecule has 1 atom stereocenters. The van der Waals surface area contributed by atoms with Gasteiger partial charge in [-0.2, -0.15) is 0 Å². The van der Waals surface area contributed by atoms with E-state index >= 15 is 0 Å². The summed E-state index contributed by atoms with van der Waals surface area (Å²) in [4.78, 5) is 55.7. The number of nitrogens with zero attached hydrogens (tertiary/aromatic N) is 2. The summed E-state index contributed by atoms with van der Waals surface area (Å²) in [6.45, 7) is 1.48. The maximum atomic E-state index is 12.9. The number of hydrogen-bond donors (Lipinski definition) is 1. The van der Waals surface area contributed by atoms with E-state index in [9.17, 15) is 19.2 Å². The van der Waals surface area contributed by atoms with Crippen LogP contribution in [0.15, 0.2) is 18.2 Å². The van der Waals surface area contributed by atoms with E-state index in [0.717, 1.165) is 26.9 Å². The summed E-state index contributed by atoms with van der Waals surface area (Å²) in [6, 6.07) is 3.67. The number of benzene rings is 1. The first-order chi connectivity index (χ1) is 14.5. The highest BCUT2D eigenvalue weighted by Crippen LogP contribution is 2.31. The maximum Gasteiger partial charge on any atom is 0.262 e. The van der Waals surface area contributed by atoms with Crippen LogP contribution < -0.4 is 10.1 Å². The fourth-order valence-corrected chi connectivity index (χ4v) is 4.79. The van der Waals surface area contributed by atoms with Gasteiger partial charge in [0.15, 0.2) is 0 Å². The summed E-state index contributed by atoms with van der Waals surface area (Å²) in [5, 5.41) is 3.00. The van der Waals surface area contributed by atoms with Crippen molar-refractivity contribution in [3.05, 3.63) is 44.9 Å². The largest absolute Gasteiger partial charge is 0.486 e. The second kappa shape index (κ2) is 7.29. The standard InChI is InChI=1S/C20H17N3O6S/c24-16-4-3-14(18(25)22-16)23-19(26)11-2-1-10(7-12(11)20(23)27)29-9-17-21-13-5-6-28-8-15(13)30-17/h1-2,7,14H,3-6,8-9H2,(H,22,24,25). The molecule has 1 N–H and O–H groups in total. The van der Waals surface area contributed by atoms with Crippen molar-refractivity contribution in [3.63, 3.8) is 0 Å². The number of carbonyl (C=O) groups is 4. The van der Waals surface area contributed by atoms with Crippen LogP contribution >= 0.6 is 11.3 Å². The Morgan fingerprint density at radius 1 is 1.17 bits per heavy atom. The van der Waals surface area contributed by atoms with Crippen LogP contribution in [0.25, 0.3) is 0 Å². The number of carbonyl (C=O) groups excluding carboxylic acids is 4. The van der Waals surface area contributed by atoms with Gasteiger partial charge in [-0.3, -0.25) is 29.4 Å². The Labute approximate surface area is 175 Å². The Bertz CT molecular complexity index is 1070. The van der Waals surface area contributed by atoms with E-state index < -0.39 is 29.7 Å². The molecule has 1 aromatic heterocycles. The molecule has 154 valence electrons. The van der Waals surface area contributed by atoms with E-state index in [2.05, 4.69) is 10.3 Å². The predicted molar refractivity (Wildman–Crippen MR) is 103 cm³/mol. The van der Waals surface area contributed by atoms with Gasteiger partial charge >= 0.3 is 0 Å². The Kier molecular flexibility index (Phi) is 4.59. The van der Waals surface area contributed by atoms with Gasteiger partial charge in [0.25, 0.3) is 11.8 Å². The summed E-state index contributed by atoms with van der Waals surface area (Å²) in [5.41, 5.74) is 1.45. The van der Waals surface area contributed by atoms with Gasteiger partial charge in [-0.15, -0.1) is 11.3 Å². The summed E-state index contributed by atoms with van der Waals surface area (Å²) < 4.78 is 11.2. The third-order valence-electron chi connectivity index (χ3n) is 5.31. The molecule has 2 aromatic rings. The molecule has 3 aliphatic rings. The fourth-order valence-electron chi connectivity index (χ4n) is 3.83. The molecule has 5 rings (SSSR count). The lowest BCUT2D eigenvalue weighted by Gasteiger charge is -2.27. The third-order valence-corrected chi connectivity index (χ3v) is 6.36. The van der Waals surface area contributed by atoms with Gasteiger partial charge in [-0.05, 0) is 24.6 Å². The first-order valence-electron chi connectivity index (χ1n) is 9.55. The van der Waals surface area contributed by atoms with Crippen LogP contribution in [0.4, 0.5) is 0 Å². The molecule has 9 nitrogen and oxygen atoms in total. The highest BCUT2D eigenvalue weighted by atomic mass is 32.1. The molecule has 0 bridgehead atoms. The number of ether oxygens (including phenoxy) is 2. The van der Waals surface area contributed by atoms with Crippen molar-refractivity contribution in [2.45, 2.75) is 38.5 Å². The molecule has 4 amide bonds. The van der Waals surface area contributed by atoms with E-state index in [1.807, 2.05) is 0 Å². The van der Waals surface area contributed by atoms with Crippen LogP contribution in [0.5, 0.6) is 5.75 Å². The van der Waals surface area contributed by atoms with Gasteiger partial charge in [-0.1, -0.05) is 0 Å². The number of aromatic nitrogens is 1. The van der Waals surface area contributed by atoms with Crippen molar-refractivity contribution in [2.75, 3.05) is 6.61 Å². The second-order valence-corrected chi connectivity index (χ2v) is 8.39. The number of rotatable bonds is 4. The van der Waals surface area contributed by atoms with Crippen molar-refractivity contribution in [1.29, 1.82) is 0 Å². The van der Waals surface area contributed by atoms with E-state index in [1.54, 1.807) is 6.07 Å². The molecule has 3 aliphatic heterocycles. The SMILES string of the molecule is O=C1CCC(N2C(=O)c3ccc(OCc4nc5c(s4)COCC5)cc3C2=O)C(=O)N1. The van der Waals surface area contributed by atoms with Crippen LogP contribution in [-0.4, -0.2) is 46.2 Å². The summed E-state index contributed by atoms with van der Waals surface area (Å²) in [5.74, 6) is -1.70. The minimum Gasteiger partial charge on any atom is -0.486 e. The number of nitrogens with one attached hydrogen (secondary N) is 1. The highest BCUT2D eigenvalue weighted by Gasteiger charge is 2.44. The molecule has 1 unspecified atom stereocenters. The predicted octanol–water partition coefficient (Wildman–Crippen LogP) is 1.20. The lowest BCUT2D eigenvalue weighted by molar-refractivity contribution is -0.136. The van der Waals surface area contributed by atoms with Gasteiger partial charge in [0.05, 0.1) is 34.9 Å². The first kappa shape index (κ1) is 18.9. The van der Waals surface area contributed by atoms with E-state index in [0.29, 0.717) is 19.0 Å². The molecule has 0 saturated carbocycles. The van der Waals surface area contributed by atoms with E-state index in [-0.39, 0.29) is 30.6 Å². The molecule has 30 heavy (non-hydrogen) atoms. The Morgan fingerprint density at radius 3 is 2.80 bits per heavy atom. The van der Waals surface area contributed by atoms with Crippen molar-refractivity contribution in [2.24, 2.45) is 0 Å². The number of amides is 4. The third kappa shape index (κ3) is 3.17. The molecular formula is C20H17N3O6S. The van der Waals surface area contributed by atoms with Crippen LogP contribution in [0.1, 0.15) is 49.1 Å². The molecule has 1 saturated heterocycles. The van der Waals surface area contributed by atoms with Crippen LogP contribution in [0, 0.1) is 0 Å². The zero-order valence-corrected chi connectivity index (χ0v) is 16.6. The molecule has 0 aliphatic carbocycles.